The average Bonchev–Trinajstić information content (AvgIpc) is 2.76. The molecule has 34 heavy (non-hydrogen) atoms. The van der Waals surface area contributed by atoms with Crippen molar-refractivity contribution < 1.29 is 14.3 Å². The maximum absolute atomic E-state index is 13.3. The molecule has 4 rings (SSSR count). The summed E-state index contributed by atoms with van der Waals surface area (Å²) in [5.41, 5.74) is 7.06. The Bertz CT molecular complexity index is 1440. The Kier molecular flexibility index (Phi) is 6.40. The van der Waals surface area contributed by atoms with Crippen LogP contribution in [0.5, 0.6) is 5.75 Å². The van der Waals surface area contributed by atoms with E-state index in [0.717, 1.165) is 33.2 Å². The quantitative estimate of drug-likeness (QED) is 0.257. The van der Waals surface area contributed by atoms with Gasteiger partial charge in [0.25, 0.3) is 5.91 Å². The maximum atomic E-state index is 13.3. The lowest BCUT2D eigenvalue weighted by molar-refractivity contribution is -0.131. The third kappa shape index (κ3) is 4.52. The van der Waals surface area contributed by atoms with Crippen LogP contribution in [0.2, 0.25) is 5.02 Å². The second kappa shape index (κ2) is 9.27. The van der Waals surface area contributed by atoms with Gasteiger partial charge < -0.3 is 10.1 Å². The zero-order valence-electron chi connectivity index (χ0n) is 19.7. The standard InChI is InChI=1S/C28H25ClN2O3/c1-15-10-16(2)26-22(11-15)25(21-8-6-7-9-23(21)29)24(14-30-26)31-28(33)20-12-17(3)27(18(4)13-20)34-19(5)32/h6-14H,1-5H3,(H,31,33). The van der Waals surface area contributed by atoms with Crippen LogP contribution in [-0.4, -0.2) is 16.9 Å². The number of nitrogens with one attached hydrogen (secondary N) is 1. The number of hydrogen-bond donors (Lipinski definition) is 1. The molecule has 3 aromatic carbocycles. The van der Waals surface area contributed by atoms with Crippen molar-refractivity contribution in [2.75, 3.05) is 5.32 Å². The summed E-state index contributed by atoms with van der Waals surface area (Å²) in [6.45, 7) is 9.02. The molecule has 1 amide bonds. The Balaban J connectivity index is 1.84. The van der Waals surface area contributed by atoms with Gasteiger partial charge >= 0.3 is 5.97 Å². The predicted octanol–water partition coefficient (Wildman–Crippen LogP) is 6.97. The maximum Gasteiger partial charge on any atom is 0.308 e. The number of pyridine rings is 1. The van der Waals surface area contributed by atoms with Crippen LogP contribution in [0.15, 0.2) is 54.7 Å². The molecular weight excluding hydrogens is 448 g/mol. The summed E-state index contributed by atoms with van der Waals surface area (Å²) in [4.78, 5) is 29.4. The van der Waals surface area contributed by atoms with E-state index >= 15 is 0 Å². The SMILES string of the molecule is CC(=O)Oc1c(C)cc(C(=O)Nc2cnc3c(C)cc(C)cc3c2-c2ccccc2Cl)cc1C. The highest BCUT2D eigenvalue weighted by molar-refractivity contribution is 6.34. The van der Waals surface area contributed by atoms with Gasteiger partial charge in [0.2, 0.25) is 0 Å². The fourth-order valence-electron chi connectivity index (χ4n) is 4.29. The first kappa shape index (κ1) is 23.5. The van der Waals surface area contributed by atoms with E-state index in [1.54, 1.807) is 32.2 Å². The van der Waals surface area contributed by atoms with Crippen LogP contribution in [0.3, 0.4) is 0 Å². The van der Waals surface area contributed by atoms with E-state index in [9.17, 15) is 9.59 Å². The number of nitrogens with zero attached hydrogens (tertiary/aromatic N) is 1. The lowest BCUT2D eigenvalue weighted by Gasteiger charge is -2.17. The molecule has 0 aliphatic rings. The van der Waals surface area contributed by atoms with E-state index < -0.39 is 5.97 Å². The van der Waals surface area contributed by atoms with Gasteiger partial charge in [0.15, 0.2) is 0 Å². The number of hydrogen-bond acceptors (Lipinski definition) is 4. The highest BCUT2D eigenvalue weighted by atomic mass is 35.5. The zero-order chi connectivity index (χ0) is 24.6. The Labute approximate surface area is 203 Å². The minimum absolute atomic E-state index is 0.292. The van der Waals surface area contributed by atoms with Crippen molar-refractivity contribution in [2.45, 2.75) is 34.6 Å². The molecule has 0 unspecified atom stereocenters. The number of fused-ring (bicyclic) bond motifs is 1. The van der Waals surface area contributed by atoms with Crippen molar-refractivity contribution >= 4 is 40.1 Å². The normalized spacial score (nSPS) is 10.9. The van der Waals surface area contributed by atoms with Gasteiger partial charge in [-0.25, -0.2) is 0 Å². The fourth-order valence-corrected chi connectivity index (χ4v) is 4.52. The molecule has 4 aromatic rings. The second-order valence-corrected chi connectivity index (χ2v) is 8.90. The summed E-state index contributed by atoms with van der Waals surface area (Å²) in [6, 6.07) is 15.1. The van der Waals surface area contributed by atoms with Gasteiger partial charge in [0, 0.05) is 34.0 Å². The van der Waals surface area contributed by atoms with Gasteiger partial charge in [-0.2, -0.15) is 0 Å². The van der Waals surface area contributed by atoms with Gasteiger partial charge in [-0.1, -0.05) is 41.4 Å². The molecule has 0 atom stereocenters. The number of anilines is 1. The van der Waals surface area contributed by atoms with Crippen LogP contribution in [0.4, 0.5) is 5.69 Å². The third-order valence-corrected chi connectivity index (χ3v) is 6.00. The van der Waals surface area contributed by atoms with Crippen LogP contribution in [0, 0.1) is 27.7 Å². The number of aromatic nitrogens is 1. The van der Waals surface area contributed by atoms with Crippen LogP contribution < -0.4 is 10.1 Å². The molecule has 5 nitrogen and oxygen atoms in total. The van der Waals surface area contributed by atoms with Gasteiger partial charge in [-0.3, -0.25) is 14.6 Å². The largest absolute Gasteiger partial charge is 0.426 e. The Morgan fingerprint density at radius 2 is 1.62 bits per heavy atom. The molecule has 1 heterocycles. The smallest absolute Gasteiger partial charge is 0.308 e. The number of rotatable bonds is 4. The van der Waals surface area contributed by atoms with E-state index in [4.69, 9.17) is 16.3 Å². The van der Waals surface area contributed by atoms with Crippen LogP contribution in [0.1, 0.15) is 39.5 Å². The average molecular weight is 473 g/mol. The fraction of sp³-hybridized carbons (Fsp3) is 0.179. The summed E-state index contributed by atoms with van der Waals surface area (Å²) < 4.78 is 5.29. The van der Waals surface area contributed by atoms with Crippen LogP contribution in [0.25, 0.3) is 22.0 Å². The molecule has 0 aliphatic heterocycles. The Morgan fingerprint density at radius 1 is 0.941 bits per heavy atom. The molecule has 0 fully saturated rings. The lowest BCUT2D eigenvalue weighted by atomic mass is 9.96. The highest BCUT2D eigenvalue weighted by Crippen LogP contribution is 2.39. The number of carbonyl (C=O) groups is 2. The van der Waals surface area contributed by atoms with Crippen molar-refractivity contribution in [2.24, 2.45) is 0 Å². The van der Waals surface area contributed by atoms with E-state index in [1.165, 1.54) is 6.92 Å². The monoisotopic (exact) mass is 472 g/mol. The van der Waals surface area contributed by atoms with E-state index in [1.807, 2.05) is 38.1 Å². The summed E-state index contributed by atoms with van der Waals surface area (Å²) in [7, 11) is 0. The van der Waals surface area contributed by atoms with E-state index in [0.29, 0.717) is 33.1 Å². The molecule has 0 bridgehead atoms. The number of halogens is 1. The zero-order valence-corrected chi connectivity index (χ0v) is 20.5. The number of ether oxygens (including phenoxy) is 1. The van der Waals surface area contributed by atoms with Gasteiger partial charge in [-0.15, -0.1) is 0 Å². The first-order chi connectivity index (χ1) is 16.2. The third-order valence-electron chi connectivity index (χ3n) is 5.67. The summed E-state index contributed by atoms with van der Waals surface area (Å²) in [6.07, 6.45) is 1.67. The van der Waals surface area contributed by atoms with Crippen molar-refractivity contribution in [1.29, 1.82) is 0 Å². The number of aryl methyl sites for hydroxylation is 4. The van der Waals surface area contributed by atoms with E-state index in [2.05, 4.69) is 22.4 Å². The van der Waals surface area contributed by atoms with Gasteiger partial charge in [0.1, 0.15) is 5.75 Å². The molecule has 1 N–H and O–H groups in total. The minimum Gasteiger partial charge on any atom is -0.426 e. The first-order valence-corrected chi connectivity index (χ1v) is 11.3. The van der Waals surface area contributed by atoms with E-state index in [-0.39, 0.29) is 5.91 Å². The Morgan fingerprint density at radius 3 is 2.26 bits per heavy atom. The highest BCUT2D eigenvalue weighted by Gasteiger charge is 2.19. The lowest BCUT2D eigenvalue weighted by Crippen LogP contribution is -2.14. The molecule has 1 aromatic heterocycles. The van der Waals surface area contributed by atoms with Crippen LogP contribution in [-0.2, 0) is 4.79 Å². The molecule has 0 saturated carbocycles. The van der Waals surface area contributed by atoms with Crippen molar-refractivity contribution in [1.82, 2.24) is 4.98 Å². The topological polar surface area (TPSA) is 68.3 Å². The number of esters is 1. The number of amides is 1. The number of carbonyl (C=O) groups excluding carboxylic acids is 2. The van der Waals surface area contributed by atoms with Gasteiger partial charge in [-0.05, 0) is 68.7 Å². The van der Waals surface area contributed by atoms with Crippen LogP contribution >= 0.6 is 11.6 Å². The molecule has 0 radical (unpaired) electrons. The molecule has 0 spiro atoms. The van der Waals surface area contributed by atoms with Crippen molar-refractivity contribution in [3.05, 3.63) is 87.6 Å². The Hall–Kier alpha value is -3.70. The summed E-state index contributed by atoms with van der Waals surface area (Å²) in [5, 5.41) is 4.53. The first-order valence-electron chi connectivity index (χ1n) is 10.9. The number of benzene rings is 3. The second-order valence-electron chi connectivity index (χ2n) is 8.49. The molecule has 0 saturated heterocycles. The summed E-state index contributed by atoms with van der Waals surface area (Å²) in [5.74, 6) is -0.223. The van der Waals surface area contributed by atoms with Crippen molar-refractivity contribution in [3.8, 4) is 16.9 Å². The summed E-state index contributed by atoms with van der Waals surface area (Å²) >= 11 is 6.59. The molecule has 172 valence electrons. The molecule has 0 aliphatic carbocycles. The van der Waals surface area contributed by atoms with Gasteiger partial charge in [0.05, 0.1) is 17.4 Å². The minimum atomic E-state index is -0.402. The predicted molar refractivity (Wildman–Crippen MR) is 137 cm³/mol. The molecular formula is C28H25ClN2O3. The molecule has 6 heteroatoms. The van der Waals surface area contributed by atoms with Crippen molar-refractivity contribution in [3.63, 3.8) is 0 Å².